The molecular formula is C4H9N2O. The molecule has 1 aliphatic heterocycles. The lowest BCUT2D eigenvalue weighted by molar-refractivity contribution is 0.109. The van der Waals surface area contributed by atoms with Crippen LogP contribution in [0.3, 0.4) is 0 Å². The summed E-state index contributed by atoms with van der Waals surface area (Å²) in [5.74, 6) is 0. The van der Waals surface area contributed by atoms with Crippen LogP contribution in [-0.4, -0.2) is 26.3 Å². The fourth-order valence-corrected chi connectivity index (χ4v) is 0.516. The lowest BCUT2D eigenvalue weighted by atomic mass is 10.5. The summed E-state index contributed by atoms with van der Waals surface area (Å²) >= 11 is 0. The Bertz CT molecular complexity index is 25.2. The van der Waals surface area contributed by atoms with Crippen molar-refractivity contribution in [3.8, 4) is 0 Å². The molecule has 0 aromatic rings. The number of hydrogen-bond donors (Lipinski definition) is 1. The van der Waals surface area contributed by atoms with Crippen LogP contribution in [0.1, 0.15) is 0 Å². The van der Waals surface area contributed by atoms with Crippen molar-refractivity contribution >= 4 is 0 Å². The van der Waals surface area contributed by atoms with Crippen molar-refractivity contribution in [1.29, 1.82) is 0 Å². The van der Waals surface area contributed by atoms with Gasteiger partial charge in [0.2, 0.25) is 0 Å². The second-order valence-corrected chi connectivity index (χ2v) is 1.36. The molecule has 41 valence electrons. The maximum absolute atomic E-state index is 5.01. The molecule has 1 aliphatic rings. The average molecular weight is 101 g/mol. The van der Waals surface area contributed by atoms with E-state index in [1.54, 1.807) is 0 Å². The van der Waals surface area contributed by atoms with Crippen molar-refractivity contribution < 1.29 is 4.74 Å². The van der Waals surface area contributed by atoms with Crippen molar-refractivity contribution in [1.82, 2.24) is 11.5 Å². The molecule has 3 radical (unpaired) electrons. The van der Waals surface area contributed by atoms with Crippen LogP contribution in [-0.2, 0) is 4.74 Å². The summed E-state index contributed by atoms with van der Waals surface area (Å²) in [7, 11) is 0. The molecule has 1 N–H and O–H groups in total. The van der Waals surface area contributed by atoms with E-state index in [0.717, 1.165) is 26.3 Å². The van der Waals surface area contributed by atoms with E-state index in [-0.39, 0.29) is 6.15 Å². The second-order valence-electron chi connectivity index (χ2n) is 1.36. The Labute approximate surface area is 43.6 Å². The number of nitrogens with zero attached hydrogens (tertiary/aromatic N) is 1. The molecule has 1 rings (SSSR count). The van der Waals surface area contributed by atoms with E-state index in [1.807, 2.05) is 0 Å². The Morgan fingerprint density at radius 3 is 1.86 bits per heavy atom. The SMILES string of the molecule is C1COCCN1.[N]. The first-order chi connectivity index (χ1) is 3.00. The largest absolute Gasteiger partial charge is 0.379 e. The minimum absolute atomic E-state index is 0. The van der Waals surface area contributed by atoms with Crippen molar-refractivity contribution in [2.75, 3.05) is 26.3 Å². The van der Waals surface area contributed by atoms with Gasteiger partial charge in [0.1, 0.15) is 0 Å². The van der Waals surface area contributed by atoms with E-state index in [4.69, 9.17) is 4.74 Å². The summed E-state index contributed by atoms with van der Waals surface area (Å²) in [5.41, 5.74) is 0. The fraction of sp³-hybridized carbons (Fsp3) is 1.00. The van der Waals surface area contributed by atoms with Crippen LogP contribution in [0.5, 0.6) is 0 Å². The van der Waals surface area contributed by atoms with Gasteiger partial charge in [0.15, 0.2) is 0 Å². The molecule has 0 atom stereocenters. The third-order valence-electron chi connectivity index (χ3n) is 0.846. The highest BCUT2D eigenvalue weighted by atomic mass is 16.5. The summed E-state index contributed by atoms with van der Waals surface area (Å²) in [6, 6.07) is 0. The number of rotatable bonds is 0. The molecule has 7 heavy (non-hydrogen) atoms. The minimum Gasteiger partial charge on any atom is -0.379 e. The van der Waals surface area contributed by atoms with E-state index in [2.05, 4.69) is 5.32 Å². The van der Waals surface area contributed by atoms with Crippen molar-refractivity contribution in [2.45, 2.75) is 0 Å². The highest BCUT2D eigenvalue weighted by Crippen LogP contribution is 1.76. The van der Waals surface area contributed by atoms with Gasteiger partial charge in [-0.15, -0.1) is 0 Å². The Balaban J connectivity index is 0.000000360. The lowest BCUT2D eigenvalue weighted by Crippen LogP contribution is -2.30. The zero-order chi connectivity index (χ0) is 4.24. The predicted molar refractivity (Wildman–Crippen MR) is 25.8 cm³/mol. The molecule has 0 spiro atoms. The van der Waals surface area contributed by atoms with Crippen molar-refractivity contribution in [3.05, 3.63) is 0 Å². The lowest BCUT2D eigenvalue weighted by Gasteiger charge is -2.10. The molecule has 0 saturated carbocycles. The van der Waals surface area contributed by atoms with E-state index >= 15 is 0 Å². The topological polar surface area (TPSA) is 51.8 Å². The number of ether oxygens (including phenoxy) is 1. The van der Waals surface area contributed by atoms with Crippen LogP contribution in [0.25, 0.3) is 0 Å². The maximum Gasteiger partial charge on any atom is 0.0591 e. The third kappa shape index (κ3) is 2.56. The maximum atomic E-state index is 5.01. The van der Waals surface area contributed by atoms with Crippen LogP contribution in [0.15, 0.2) is 0 Å². The molecule has 0 aliphatic carbocycles. The van der Waals surface area contributed by atoms with Gasteiger partial charge in [-0.1, -0.05) is 0 Å². The molecule has 1 fully saturated rings. The van der Waals surface area contributed by atoms with E-state index < -0.39 is 0 Å². The highest BCUT2D eigenvalue weighted by molar-refractivity contribution is 4.49. The van der Waals surface area contributed by atoms with Crippen LogP contribution >= 0.6 is 0 Å². The molecule has 0 aromatic carbocycles. The van der Waals surface area contributed by atoms with Gasteiger partial charge in [-0.25, -0.2) is 0 Å². The Morgan fingerprint density at radius 1 is 1.14 bits per heavy atom. The van der Waals surface area contributed by atoms with Gasteiger partial charge in [0, 0.05) is 19.2 Å². The first kappa shape index (κ1) is 6.88. The van der Waals surface area contributed by atoms with E-state index in [1.165, 1.54) is 0 Å². The summed E-state index contributed by atoms with van der Waals surface area (Å²) in [4.78, 5) is 0. The molecule has 1 heterocycles. The van der Waals surface area contributed by atoms with Crippen LogP contribution in [0, 0.1) is 0 Å². The van der Waals surface area contributed by atoms with Crippen molar-refractivity contribution in [2.24, 2.45) is 0 Å². The third-order valence-corrected chi connectivity index (χ3v) is 0.846. The zero-order valence-electron chi connectivity index (χ0n) is 4.18. The first-order valence-electron chi connectivity index (χ1n) is 2.28. The fourth-order valence-electron chi connectivity index (χ4n) is 0.516. The molecule has 0 unspecified atom stereocenters. The summed E-state index contributed by atoms with van der Waals surface area (Å²) in [5, 5.41) is 3.16. The van der Waals surface area contributed by atoms with Gasteiger partial charge < -0.3 is 10.1 Å². The van der Waals surface area contributed by atoms with E-state index in [0.29, 0.717) is 0 Å². The molecule has 3 heteroatoms. The smallest absolute Gasteiger partial charge is 0.0591 e. The molecule has 0 bridgehead atoms. The minimum atomic E-state index is 0. The first-order valence-corrected chi connectivity index (χ1v) is 2.28. The van der Waals surface area contributed by atoms with E-state index in [9.17, 15) is 0 Å². The molecule has 0 aromatic heterocycles. The van der Waals surface area contributed by atoms with Gasteiger partial charge in [-0.2, -0.15) is 0 Å². The standard InChI is InChI=1S/C4H9NO.N/c1-3-6-4-2-5-1;/h5H,1-4H2;. The second kappa shape index (κ2) is 4.05. The Morgan fingerprint density at radius 2 is 1.71 bits per heavy atom. The molecule has 3 nitrogen and oxygen atoms in total. The Hall–Kier alpha value is -0.120. The van der Waals surface area contributed by atoms with Gasteiger partial charge in [0.05, 0.1) is 13.2 Å². The summed E-state index contributed by atoms with van der Waals surface area (Å²) < 4.78 is 5.01. The summed E-state index contributed by atoms with van der Waals surface area (Å²) in [6.45, 7) is 3.83. The Kier molecular flexibility index (Phi) is 3.98. The molecule has 0 amide bonds. The average Bonchev–Trinajstić information content (AvgIpc) is 1.72. The quantitative estimate of drug-likeness (QED) is 0.431. The number of hydrogen-bond acceptors (Lipinski definition) is 2. The number of nitrogens with one attached hydrogen (secondary N) is 1. The predicted octanol–water partition coefficient (Wildman–Crippen LogP) is -0.874. The summed E-state index contributed by atoms with van der Waals surface area (Å²) in [6.07, 6.45) is 0. The highest BCUT2D eigenvalue weighted by Gasteiger charge is 1.92. The normalized spacial score (nSPS) is 20.6. The molecular weight excluding hydrogens is 92.1 g/mol. The van der Waals surface area contributed by atoms with Crippen LogP contribution < -0.4 is 11.5 Å². The number of morpholine rings is 1. The van der Waals surface area contributed by atoms with Gasteiger partial charge in [-0.3, -0.25) is 0 Å². The van der Waals surface area contributed by atoms with Crippen molar-refractivity contribution in [3.63, 3.8) is 0 Å². The molecule has 1 saturated heterocycles. The van der Waals surface area contributed by atoms with Gasteiger partial charge in [0.25, 0.3) is 0 Å². The monoisotopic (exact) mass is 101 g/mol. The zero-order valence-corrected chi connectivity index (χ0v) is 4.18. The van der Waals surface area contributed by atoms with Gasteiger partial charge >= 0.3 is 0 Å². The van der Waals surface area contributed by atoms with Crippen LogP contribution in [0.2, 0.25) is 0 Å². The van der Waals surface area contributed by atoms with Gasteiger partial charge in [-0.05, 0) is 0 Å². The van der Waals surface area contributed by atoms with Crippen LogP contribution in [0.4, 0.5) is 0 Å².